The zero-order valence-corrected chi connectivity index (χ0v) is 19.3. The summed E-state index contributed by atoms with van der Waals surface area (Å²) in [5.74, 6) is 1.68. The minimum Gasteiger partial charge on any atom is -0.490 e. The molecule has 0 saturated carbocycles. The first kappa shape index (κ1) is 21.5. The lowest BCUT2D eigenvalue weighted by Crippen LogP contribution is -2.37. The van der Waals surface area contributed by atoms with Crippen molar-refractivity contribution in [3.05, 3.63) is 46.0 Å². The van der Waals surface area contributed by atoms with Gasteiger partial charge in [-0.2, -0.15) is 0 Å². The maximum absolute atomic E-state index is 13.5. The molecule has 1 amide bonds. The first-order chi connectivity index (χ1) is 14.6. The SMILES string of the molecule is Cc1c2c(c(C)c3c1OCO3)CN(C(=O)c1cc(S(C)(=O)=O)ccc1OC(C)C)CC2. The second-order valence-corrected chi connectivity index (χ2v) is 10.4. The largest absolute Gasteiger partial charge is 0.490 e. The smallest absolute Gasteiger partial charge is 0.257 e. The van der Waals surface area contributed by atoms with Crippen molar-refractivity contribution >= 4 is 15.7 Å². The number of ether oxygens (including phenoxy) is 3. The molecule has 2 heterocycles. The number of benzene rings is 2. The number of sulfone groups is 1. The summed E-state index contributed by atoms with van der Waals surface area (Å²) >= 11 is 0. The van der Waals surface area contributed by atoms with Gasteiger partial charge in [-0.05, 0) is 69.0 Å². The van der Waals surface area contributed by atoms with Gasteiger partial charge in [0.05, 0.1) is 16.6 Å². The van der Waals surface area contributed by atoms with Crippen LogP contribution >= 0.6 is 0 Å². The van der Waals surface area contributed by atoms with Gasteiger partial charge in [0, 0.05) is 24.9 Å². The molecule has 4 rings (SSSR count). The Bertz CT molecular complexity index is 1170. The average Bonchev–Trinajstić information content (AvgIpc) is 3.20. The van der Waals surface area contributed by atoms with E-state index < -0.39 is 9.84 Å². The molecule has 0 aromatic heterocycles. The number of rotatable bonds is 4. The van der Waals surface area contributed by atoms with Gasteiger partial charge in [0.2, 0.25) is 6.79 Å². The summed E-state index contributed by atoms with van der Waals surface area (Å²) in [6.07, 6.45) is 1.67. The van der Waals surface area contributed by atoms with Crippen LogP contribution in [0.5, 0.6) is 17.2 Å². The van der Waals surface area contributed by atoms with E-state index >= 15 is 0 Å². The number of hydrogen-bond donors (Lipinski definition) is 0. The standard InChI is InChI=1S/C23H27NO6S/c1-13(2)30-20-7-6-16(31(5,26)27)10-18(20)23(25)24-9-8-17-14(3)21-22(29-12-28-21)15(4)19(17)11-24/h6-7,10,13H,8-9,11-12H2,1-5H3. The van der Waals surface area contributed by atoms with Crippen LogP contribution in [0.2, 0.25) is 0 Å². The summed E-state index contributed by atoms with van der Waals surface area (Å²) in [7, 11) is -3.46. The molecule has 166 valence electrons. The van der Waals surface area contributed by atoms with Gasteiger partial charge in [0.1, 0.15) is 5.75 Å². The number of carbonyl (C=O) groups is 1. The maximum Gasteiger partial charge on any atom is 0.257 e. The molecule has 0 N–H and O–H groups in total. The van der Waals surface area contributed by atoms with E-state index in [0.29, 0.717) is 25.3 Å². The van der Waals surface area contributed by atoms with Crippen molar-refractivity contribution in [2.24, 2.45) is 0 Å². The molecule has 31 heavy (non-hydrogen) atoms. The van der Waals surface area contributed by atoms with Gasteiger partial charge in [-0.1, -0.05) is 0 Å². The normalized spacial score (nSPS) is 15.2. The van der Waals surface area contributed by atoms with E-state index in [0.717, 1.165) is 34.4 Å². The fourth-order valence-corrected chi connectivity index (χ4v) is 4.89. The summed E-state index contributed by atoms with van der Waals surface area (Å²) in [5, 5.41) is 0. The van der Waals surface area contributed by atoms with E-state index in [1.807, 2.05) is 27.7 Å². The topological polar surface area (TPSA) is 82.1 Å². The molecular formula is C23H27NO6S. The lowest BCUT2D eigenvalue weighted by atomic mass is 9.90. The molecule has 7 nitrogen and oxygen atoms in total. The number of carbonyl (C=O) groups excluding carboxylic acids is 1. The van der Waals surface area contributed by atoms with E-state index in [1.165, 1.54) is 17.7 Å². The molecule has 0 aliphatic carbocycles. The molecule has 0 unspecified atom stereocenters. The Morgan fingerprint density at radius 2 is 1.74 bits per heavy atom. The molecule has 0 saturated heterocycles. The lowest BCUT2D eigenvalue weighted by Gasteiger charge is -2.32. The van der Waals surface area contributed by atoms with Crippen molar-refractivity contribution in [2.75, 3.05) is 19.6 Å². The average molecular weight is 446 g/mol. The monoisotopic (exact) mass is 445 g/mol. The molecular weight excluding hydrogens is 418 g/mol. The number of fused-ring (bicyclic) bond motifs is 2. The molecule has 0 fully saturated rings. The molecule has 8 heteroatoms. The fourth-order valence-electron chi connectivity index (χ4n) is 4.24. The molecule has 2 aromatic carbocycles. The van der Waals surface area contributed by atoms with Gasteiger partial charge in [0.25, 0.3) is 5.91 Å². The number of amides is 1. The van der Waals surface area contributed by atoms with Crippen LogP contribution in [0, 0.1) is 13.8 Å². The highest BCUT2D eigenvalue weighted by Gasteiger charge is 2.32. The van der Waals surface area contributed by atoms with Crippen molar-refractivity contribution < 1.29 is 27.4 Å². The highest BCUT2D eigenvalue weighted by Crippen LogP contribution is 2.44. The second kappa shape index (κ2) is 7.75. The van der Waals surface area contributed by atoms with E-state index in [2.05, 4.69) is 0 Å². The lowest BCUT2D eigenvalue weighted by molar-refractivity contribution is 0.0727. The van der Waals surface area contributed by atoms with Crippen LogP contribution < -0.4 is 14.2 Å². The zero-order valence-electron chi connectivity index (χ0n) is 18.4. The van der Waals surface area contributed by atoms with Crippen molar-refractivity contribution in [2.45, 2.75) is 51.7 Å². The van der Waals surface area contributed by atoms with Crippen molar-refractivity contribution in [3.8, 4) is 17.2 Å². The second-order valence-electron chi connectivity index (χ2n) is 8.35. The van der Waals surface area contributed by atoms with Crippen LogP contribution in [-0.4, -0.2) is 44.9 Å². The van der Waals surface area contributed by atoms with E-state index in [4.69, 9.17) is 14.2 Å². The molecule has 2 aliphatic heterocycles. The minimum atomic E-state index is -3.46. The third-order valence-corrected chi connectivity index (χ3v) is 6.91. The molecule has 0 spiro atoms. The van der Waals surface area contributed by atoms with Gasteiger partial charge in [-0.3, -0.25) is 4.79 Å². The Morgan fingerprint density at radius 1 is 1.10 bits per heavy atom. The third-order valence-electron chi connectivity index (χ3n) is 5.80. The Balaban J connectivity index is 1.73. The van der Waals surface area contributed by atoms with Crippen LogP contribution in [0.1, 0.15) is 46.5 Å². The van der Waals surface area contributed by atoms with Gasteiger partial charge in [-0.15, -0.1) is 0 Å². The van der Waals surface area contributed by atoms with Crippen LogP contribution in [0.25, 0.3) is 0 Å². The molecule has 0 atom stereocenters. The van der Waals surface area contributed by atoms with Crippen LogP contribution in [0.3, 0.4) is 0 Å². The fraction of sp³-hybridized carbons (Fsp3) is 0.435. The molecule has 0 bridgehead atoms. The molecule has 2 aromatic rings. The first-order valence-corrected chi connectivity index (χ1v) is 12.2. The summed E-state index contributed by atoms with van der Waals surface area (Å²) in [4.78, 5) is 15.4. The highest BCUT2D eigenvalue weighted by atomic mass is 32.2. The summed E-state index contributed by atoms with van der Waals surface area (Å²) < 4.78 is 41.3. The van der Waals surface area contributed by atoms with Gasteiger partial charge in [-0.25, -0.2) is 8.42 Å². The van der Waals surface area contributed by atoms with Crippen LogP contribution in [-0.2, 0) is 22.8 Å². The quantitative estimate of drug-likeness (QED) is 0.717. The Labute approximate surface area is 182 Å². The summed E-state index contributed by atoms with van der Waals surface area (Å²) in [6, 6.07) is 4.46. The minimum absolute atomic E-state index is 0.0970. The zero-order chi connectivity index (χ0) is 22.5. The first-order valence-electron chi connectivity index (χ1n) is 10.3. The Hall–Kier alpha value is -2.74. The van der Waals surface area contributed by atoms with Gasteiger partial charge >= 0.3 is 0 Å². The van der Waals surface area contributed by atoms with E-state index in [9.17, 15) is 13.2 Å². The number of hydrogen-bond acceptors (Lipinski definition) is 6. The van der Waals surface area contributed by atoms with Crippen molar-refractivity contribution in [3.63, 3.8) is 0 Å². The predicted molar refractivity (Wildman–Crippen MR) is 116 cm³/mol. The van der Waals surface area contributed by atoms with Crippen LogP contribution in [0.4, 0.5) is 0 Å². The summed E-state index contributed by atoms with van der Waals surface area (Å²) in [5.41, 5.74) is 4.55. The maximum atomic E-state index is 13.5. The molecule has 2 aliphatic rings. The Morgan fingerprint density at radius 3 is 2.35 bits per heavy atom. The highest BCUT2D eigenvalue weighted by molar-refractivity contribution is 7.90. The summed E-state index contributed by atoms with van der Waals surface area (Å²) in [6.45, 7) is 8.88. The van der Waals surface area contributed by atoms with E-state index in [1.54, 1.807) is 11.0 Å². The number of nitrogens with zero attached hydrogens (tertiary/aromatic N) is 1. The van der Waals surface area contributed by atoms with Crippen LogP contribution in [0.15, 0.2) is 23.1 Å². The Kier molecular flexibility index (Phi) is 5.37. The van der Waals surface area contributed by atoms with Crippen molar-refractivity contribution in [1.29, 1.82) is 0 Å². The van der Waals surface area contributed by atoms with E-state index in [-0.39, 0.29) is 29.3 Å². The predicted octanol–water partition coefficient (Wildman–Crippen LogP) is 3.42. The van der Waals surface area contributed by atoms with Gasteiger partial charge in [0.15, 0.2) is 21.3 Å². The van der Waals surface area contributed by atoms with Gasteiger partial charge < -0.3 is 19.1 Å². The van der Waals surface area contributed by atoms with Crippen molar-refractivity contribution in [1.82, 2.24) is 4.90 Å². The molecule has 0 radical (unpaired) electrons. The third kappa shape index (κ3) is 3.84.